The molecule has 5 heteroatoms. The Kier molecular flexibility index (Phi) is 4.01. The van der Waals surface area contributed by atoms with E-state index >= 15 is 0 Å². The van der Waals surface area contributed by atoms with E-state index < -0.39 is 0 Å². The van der Waals surface area contributed by atoms with Crippen LogP contribution in [0.1, 0.15) is 28.4 Å². The third-order valence-electron chi connectivity index (χ3n) is 4.90. The zero-order valence-corrected chi connectivity index (χ0v) is 15.3. The van der Waals surface area contributed by atoms with Gasteiger partial charge in [0.25, 0.3) is 0 Å². The van der Waals surface area contributed by atoms with Crippen molar-refractivity contribution < 1.29 is 18.6 Å². The molecule has 0 bridgehead atoms. The molecule has 0 amide bonds. The van der Waals surface area contributed by atoms with Gasteiger partial charge in [0.05, 0.1) is 5.69 Å². The highest BCUT2D eigenvalue weighted by Crippen LogP contribution is 2.45. The predicted octanol–water partition coefficient (Wildman–Crippen LogP) is 5.10. The first-order chi connectivity index (χ1) is 13.7. The zero-order chi connectivity index (χ0) is 19.1. The molecule has 2 aliphatic rings. The summed E-state index contributed by atoms with van der Waals surface area (Å²) in [6.07, 6.45) is -0.344. The van der Waals surface area contributed by atoms with E-state index in [4.69, 9.17) is 14.2 Å². The molecule has 28 heavy (non-hydrogen) atoms. The van der Waals surface area contributed by atoms with Crippen molar-refractivity contribution in [1.82, 2.24) is 0 Å². The lowest BCUT2D eigenvalue weighted by Gasteiger charge is -2.29. The van der Waals surface area contributed by atoms with Crippen molar-refractivity contribution in [3.05, 3.63) is 88.7 Å². The molecule has 3 aromatic carbocycles. The lowest BCUT2D eigenvalue weighted by atomic mass is 9.97. The van der Waals surface area contributed by atoms with Gasteiger partial charge in [0, 0.05) is 17.2 Å². The van der Waals surface area contributed by atoms with Gasteiger partial charge in [-0.05, 0) is 42.8 Å². The fraction of sp³-hybridized carbons (Fsp3) is 0.174. The van der Waals surface area contributed by atoms with Gasteiger partial charge in [-0.1, -0.05) is 29.8 Å². The molecule has 2 aliphatic heterocycles. The number of hydrogen-bond acceptors (Lipinski definition) is 4. The van der Waals surface area contributed by atoms with Crippen LogP contribution in [0.5, 0.6) is 11.5 Å². The van der Waals surface area contributed by atoms with Crippen molar-refractivity contribution in [1.29, 1.82) is 0 Å². The quantitative estimate of drug-likeness (QED) is 0.625. The van der Waals surface area contributed by atoms with Gasteiger partial charge >= 0.3 is 0 Å². The van der Waals surface area contributed by atoms with Gasteiger partial charge in [-0.3, -0.25) is 0 Å². The van der Waals surface area contributed by atoms with Gasteiger partial charge in [-0.15, -0.1) is 0 Å². The summed E-state index contributed by atoms with van der Waals surface area (Å²) in [4.78, 5) is 4.68. The van der Waals surface area contributed by atoms with Crippen LogP contribution < -0.4 is 9.47 Å². The third kappa shape index (κ3) is 2.99. The summed E-state index contributed by atoms with van der Waals surface area (Å²) in [7, 11) is 0. The third-order valence-corrected chi connectivity index (χ3v) is 4.90. The summed E-state index contributed by atoms with van der Waals surface area (Å²) in [5.74, 6) is 1.54. The van der Waals surface area contributed by atoms with Crippen LogP contribution in [0.15, 0.2) is 65.7 Å². The molecule has 3 aromatic rings. The summed E-state index contributed by atoms with van der Waals surface area (Å²) in [6, 6.07) is 18.2. The van der Waals surface area contributed by atoms with E-state index in [1.165, 1.54) is 17.7 Å². The largest absolute Gasteiger partial charge is 0.486 e. The summed E-state index contributed by atoms with van der Waals surface area (Å²) in [5.41, 5.74) is 4.59. The highest BCUT2D eigenvalue weighted by molar-refractivity contribution is 5.97. The average Bonchev–Trinajstić information content (AvgIpc) is 2.73. The van der Waals surface area contributed by atoms with Crippen molar-refractivity contribution in [2.24, 2.45) is 4.99 Å². The molecular weight excluding hydrogens is 357 g/mol. The second-order valence-electron chi connectivity index (χ2n) is 6.89. The summed E-state index contributed by atoms with van der Waals surface area (Å²) in [5, 5.41) is 0. The van der Waals surface area contributed by atoms with E-state index in [0.29, 0.717) is 30.6 Å². The smallest absolute Gasteiger partial charge is 0.222 e. The Hall–Kier alpha value is -3.34. The van der Waals surface area contributed by atoms with Crippen LogP contribution in [-0.4, -0.2) is 19.1 Å². The molecule has 140 valence electrons. The molecular formula is C23H18FNO3. The Morgan fingerprint density at radius 3 is 2.29 bits per heavy atom. The van der Waals surface area contributed by atoms with Crippen molar-refractivity contribution in [2.75, 3.05) is 13.2 Å². The molecule has 1 atom stereocenters. The van der Waals surface area contributed by atoms with Crippen molar-refractivity contribution in [3.8, 4) is 11.5 Å². The topological polar surface area (TPSA) is 40.0 Å². The normalized spacial score (nSPS) is 17.4. The van der Waals surface area contributed by atoms with E-state index in [1.54, 1.807) is 12.1 Å². The van der Waals surface area contributed by atoms with Gasteiger partial charge in [0.15, 0.2) is 17.6 Å². The Bertz CT molecular complexity index is 1060. The molecule has 0 aromatic heterocycles. The van der Waals surface area contributed by atoms with E-state index in [9.17, 15) is 4.39 Å². The highest BCUT2D eigenvalue weighted by atomic mass is 19.1. The lowest BCUT2D eigenvalue weighted by molar-refractivity contribution is 0.170. The fourth-order valence-electron chi connectivity index (χ4n) is 3.43. The molecule has 0 unspecified atom stereocenters. The molecule has 0 aliphatic carbocycles. The van der Waals surface area contributed by atoms with Gasteiger partial charge in [-0.25, -0.2) is 9.38 Å². The van der Waals surface area contributed by atoms with Gasteiger partial charge in [-0.2, -0.15) is 0 Å². The van der Waals surface area contributed by atoms with Crippen LogP contribution >= 0.6 is 0 Å². The van der Waals surface area contributed by atoms with Crippen LogP contribution in [0.2, 0.25) is 0 Å². The Labute approximate surface area is 162 Å². The van der Waals surface area contributed by atoms with E-state index in [0.717, 1.165) is 22.4 Å². The first kappa shape index (κ1) is 16.8. The molecule has 5 rings (SSSR count). The number of rotatable bonds is 2. The van der Waals surface area contributed by atoms with Gasteiger partial charge in [0.2, 0.25) is 5.90 Å². The van der Waals surface area contributed by atoms with E-state index in [1.807, 2.05) is 31.2 Å². The number of nitrogens with zero attached hydrogens (tertiary/aromatic N) is 1. The summed E-state index contributed by atoms with van der Waals surface area (Å²) >= 11 is 0. The maximum absolute atomic E-state index is 13.3. The van der Waals surface area contributed by atoms with Crippen molar-refractivity contribution >= 4 is 11.6 Å². The van der Waals surface area contributed by atoms with Crippen molar-refractivity contribution in [3.63, 3.8) is 0 Å². The summed E-state index contributed by atoms with van der Waals surface area (Å²) in [6.45, 7) is 3.08. The Balaban J connectivity index is 1.65. The van der Waals surface area contributed by atoms with Crippen LogP contribution in [0.4, 0.5) is 10.1 Å². The van der Waals surface area contributed by atoms with Crippen LogP contribution in [0.3, 0.4) is 0 Å². The molecule has 0 saturated heterocycles. The van der Waals surface area contributed by atoms with E-state index in [-0.39, 0.29) is 11.9 Å². The highest BCUT2D eigenvalue weighted by Gasteiger charge is 2.29. The number of benzene rings is 3. The number of halogens is 1. The second kappa shape index (κ2) is 6.68. The second-order valence-corrected chi connectivity index (χ2v) is 6.89. The molecule has 0 N–H and O–H groups in total. The molecule has 0 spiro atoms. The first-order valence-electron chi connectivity index (χ1n) is 9.19. The molecule has 0 fully saturated rings. The number of aliphatic imine (C=N–C) groups is 1. The SMILES string of the molecule is Cc1ccc([C@@H]2OC(c3ccc(F)cc3)=Nc3cc4c(cc32)OCCO4)cc1. The molecule has 0 saturated carbocycles. The monoisotopic (exact) mass is 375 g/mol. The van der Waals surface area contributed by atoms with Crippen LogP contribution in [0.25, 0.3) is 0 Å². The molecule has 4 nitrogen and oxygen atoms in total. The van der Waals surface area contributed by atoms with Crippen molar-refractivity contribution in [2.45, 2.75) is 13.0 Å². The van der Waals surface area contributed by atoms with Crippen LogP contribution in [0, 0.1) is 12.7 Å². The molecule has 2 heterocycles. The number of hydrogen-bond donors (Lipinski definition) is 0. The average molecular weight is 375 g/mol. The first-order valence-corrected chi connectivity index (χ1v) is 9.19. The number of ether oxygens (including phenoxy) is 3. The number of aryl methyl sites for hydroxylation is 1. The van der Waals surface area contributed by atoms with Gasteiger partial charge in [0.1, 0.15) is 19.0 Å². The number of fused-ring (bicyclic) bond motifs is 2. The minimum atomic E-state index is -0.344. The van der Waals surface area contributed by atoms with Gasteiger partial charge < -0.3 is 14.2 Å². The summed E-state index contributed by atoms with van der Waals surface area (Å²) < 4.78 is 31.1. The Morgan fingerprint density at radius 1 is 0.893 bits per heavy atom. The lowest BCUT2D eigenvalue weighted by Crippen LogP contribution is -2.20. The standard InChI is InChI=1S/C23H18FNO3/c1-14-2-4-15(5-3-14)22-18-12-20-21(27-11-10-26-20)13-19(18)25-23(28-22)16-6-8-17(24)9-7-16/h2-9,12-13,22H,10-11H2,1H3/t22-/m0/s1. The maximum atomic E-state index is 13.3. The fourth-order valence-corrected chi connectivity index (χ4v) is 3.43. The van der Waals surface area contributed by atoms with E-state index in [2.05, 4.69) is 17.1 Å². The Morgan fingerprint density at radius 2 is 1.57 bits per heavy atom. The predicted molar refractivity (Wildman–Crippen MR) is 104 cm³/mol. The van der Waals surface area contributed by atoms with Crippen LogP contribution in [-0.2, 0) is 4.74 Å². The minimum absolute atomic E-state index is 0.296. The zero-order valence-electron chi connectivity index (χ0n) is 15.3. The molecule has 0 radical (unpaired) electrons. The maximum Gasteiger partial charge on any atom is 0.222 e. The minimum Gasteiger partial charge on any atom is -0.486 e.